The number of hydroxylamine groups is 2. The van der Waals surface area contributed by atoms with E-state index in [1.165, 1.54) is 0 Å². The van der Waals surface area contributed by atoms with E-state index in [0.29, 0.717) is 75.8 Å². The number of rotatable bonds is 6. The molecule has 2 amide bonds. The lowest BCUT2D eigenvalue weighted by atomic mass is 9.87. The van der Waals surface area contributed by atoms with Crippen molar-refractivity contribution in [3.05, 3.63) is 59.2 Å². The van der Waals surface area contributed by atoms with Gasteiger partial charge < -0.3 is 24.8 Å². The summed E-state index contributed by atoms with van der Waals surface area (Å²) in [7, 11) is 0. The molecule has 0 atom stereocenters. The zero-order valence-corrected chi connectivity index (χ0v) is 21.4. The number of benzene rings is 1. The summed E-state index contributed by atoms with van der Waals surface area (Å²) in [4.78, 5) is 44.8. The molecule has 5 rings (SSSR count). The molecule has 1 aromatic heterocycles. The van der Waals surface area contributed by atoms with E-state index in [0.717, 1.165) is 17.8 Å². The van der Waals surface area contributed by atoms with E-state index in [4.69, 9.17) is 21.3 Å². The predicted molar refractivity (Wildman–Crippen MR) is 139 cm³/mol. The van der Waals surface area contributed by atoms with Crippen LogP contribution in [0.5, 0.6) is 0 Å². The van der Waals surface area contributed by atoms with Crippen LogP contribution in [0.4, 0.5) is 10.6 Å². The first-order chi connectivity index (χ1) is 18.0. The average Bonchev–Trinajstić information content (AvgIpc) is 3.34. The molecule has 3 aliphatic heterocycles. The van der Waals surface area contributed by atoms with Gasteiger partial charge in [-0.05, 0) is 24.1 Å². The molecule has 0 saturated carbocycles. The van der Waals surface area contributed by atoms with E-state index < -0.39 is 11.7 Å². The molecule has 2 saturated heterocycles. The summed E-state index contributed by atoms with van der Waals surface area (Å²) in [5, 5.41) is 9.22. The fourth-order valence-electron chi connectivity index (χ4n) is 4.91. The minimum absolute atomic E-state index is 0.0832. The first-order valence-corrected chi connectivity index (χ1v) is 13.0. The van der Waals surface area contributed by atoms with Crippen molar-refractivity contribution in [2.24, 2.45) is 5.16 Å². The molecule has 0 aliphatic carbocycles. The average molecular weight is 527 g/mol. The molecular formula is C26H31ClN6O4. The lowest BCUT2D eigenvalue weighted by Crippen LogP contribution is -2.51. The maximum atomic E-state index is 13.1. The molecule has 10 nitrogen and oxygen atoms in total. The van der Waals surface area contributed by atoms with Crippen LogP contribution in [0.2, 0.25) is 5.02 Å². The standard InChI is InChI=1S/C26H31ClN6O4/c27-21-7-4-11-28-23(21)31-15-17-32(18-16-31)24(34)22-19-26(37-30-22)9-13-33(14-10-26)36-25(35)29-12-8-20-5-2-1-3-6-20/h1-7,11H,8-10,12-19H2,(H,29,35). The number of oxime groups is 1. The summed E-state index contributed by atoms with van der Waals surface area (Å²) >= 11 is 6.27. The van der Waals surface area contributed by atoms with Gasteiger partial charge in [0, 0.05) is 71.3 Å². The van der Waals surface area contributed by atoms with Crippen molar-refractivity contribution in [3.63, 3.8) is 0 Å². The van der Waals surface area contributed by atoms with E-state index in [-0.39, 0.29) is 5.91 Å². The molecular weight excluding hydrogens is 496 g/mol. The summed E-state index contributed by atoms with van der Waals surface area (Å²) in [6.07, 6.45) is 3.71. The van der Waals surface area contributed by atoms with Crippen molar-refractivity contribution >= 4 is 35.1 Å². The van der Waals surface area contributed by atoms with Crippen LogP contribution >= 0.6 is 11.6 Å². The zero-order chi connectivity index (χ0) is 25.7. The van der Waals surface area contributed by atoms with Crippen molar-refractivity contribution in [3.8, 4) is 0 Å². The van der Waals surface area contributed by atoms with E-state index in [2.05, 4.69) is 20.4 Å². The Hall–Kier alpha value is -3.37. The molecule has 1 N–H and O–H groups in total. The molecule has 3 aliphatic rings. The Morgan fingerprint density at radius 1 is 1.03 bits per heavy atom. The Bertz CT molecular complexity index is 1130. The predicted octanol–water partition coefficient (Wildman–Crippen LogP) is 2.88. The normalized spacial score (nSPS) is 19.3. The van der Waals surface area contributed by atoms with Crippen molar-refractivity contribution in [1.29, 1.82) is 0 Å². The second-order valence-corrected chi connectivity index (χ2v) is 9.95. The molecule has 2 aromatic rings. The summed E-state index contributed by atoms with van der Waals surface area (Å²) in [6, 6.07) is 13.6. The Labute approximate surface area is 221 Å². The van der Waals surface area contributed by atoms with Crippen molar-refractivity contribution in [2.75, 3.05) is 50.7 Å². The van der Waals surface area contributed by atoms with Gasteiger partial charge >= 0.3 is 6.09 Å². The Morgan fingerprint density at radius 3 is 2.51 bits per heavy atom. The SMILES string of the molecule is O=C(NCCc1ccccc1)ON1CCC2(CC1)CC(C(=O)N1CCN(c3ncccc3Cl)CC1)=NO2. The van der Waals surface area contributed by atoms with Gasteiger partial charge in [-0.25, -0.2) is 9.78 Å². The number of amides is 2. The number of piperidine rings is 1. The molecule has 2 fully saturated rings. The number of carbonyl (C=O) groups excluding carboxylic acids is 2. The van der Waals surface area contributed by atoms with Crippen LogP contribution in [0, 0.1) is 0 Å². The number of carbonyl (C=O) groups is 2. The third-order valence-electron chi connectivity index (χ3n) is 7.06. The topological polar surface area (TPSA) is 99.6 Å². The summed E-state index contributed by atoms with van der Waals surface area (Å²) in [5.74, 6) is 0.663. The maximum Gasteiger partial charge on any atom is 0.426 e. The lowest BCUT2D eigenvalue weighted by Gasteiger charge is -2.36. The minimum Gasteiger partial charge on any atom is -0.388 e. The number of halogens is 1. The number of aromatic nitrogens is 1. The summed E-state index contributed by atoms with van der Waals surface area (Å²) < 4.78 is 0. The van der Waals surface area contributed by atoms with Gasteiger partial charge in [0.05, 0.1) is 5.02 Å². The van der Waals surface area contributed by atoms with E-state index in [1.54, 1.807) is 17.3 Å². The number of hydrogen-bond acceptors (Lipinski definition) is 8. The van der Waals surface area contributed by atoms with E-state index in [1.807, 2.05) is 41.3 Å². The first-order valence-electron chi connectivity index (χ1n) is 12.7. The van der Waals surface area contributed by atoms with Gasteiger partial charge in [-0.15, -0.1) is 5.06 Å². The van der Waals surface area contributed by atoms with Crippen LogP contribution in [0.1, 0.15) is 24.8 Å². The molecule has 37 heavy (non-hydrogen) atoms. The highest BCUT2D eigenvalue weighted by Crippen LogP contribution is 2.35. The highest BCUT2D eigenvalue weighted by atomic mass is 35.5. The van der Waals surface area contributed by atoms with Crippen LogP contribution in [0.15, 0.2) is 53.8 Å². The highest BCUT2D eigenvalue weighted by Gasteiger charge is 2.45. The third kappa shape index (κ3) is 6.14. The molecule has 4 heterocycles. The van der Waals surface area contributed by atoms with Gasteiger partial charge in [0.1, 0.15) is 17.1 Å². The van der Waals surface area contributed by atoms with Crippen LogP contribution in [-0.2, 0) is 20.9 Å². The smallest absolute Gasteiger partial charge is 0.388 e. The molecule has 0 bridgehead atoms. The lowest BCUT2D eigenvalue weighted by molar-refractivity contribution is -0.157. The quantitative estimate of drug-likeness (QED) is 0.618. The highest BCUT2D eigenvalue weighted by molar-refractivity contribution is 6.39. The van der Waals surface area contributed by atoms with Gasteiger partial charge in [0.25, 0.3) is 5.91 Å². The van der Waals surface area contributed by atoms with Crippen LogP contribution in [0.25, 0.3) is 0 Å². The van der Waals surface area contributed by atoms with Crippen molar-refractivity contribution < 1.29 is 19.3 Å². The van der Waals surface area contributed by atoms with Crippen LogP contribution in [-0.4, -0.2) is 84.1 Å². The Kier molecular flexibility index (Phi) is 7.76. The number of piperazine rings is 1. The summed E-state index contributed by atoms with van der Waals surface area (Å²) in [5.41, 5.74) is 1.10. The van der Waals surface area contributed by atoms with Crippen LogP contribution < -0.4 is 10.2 Å². The second-order valence-electron chi connectivity index (χ2n) is 9.55. The third-order valence-corrected chi connectivity index (χ3v) is 7.36. The fourth-order valence-corrected chi connectivity index (χ4v) is 5.15. The largest absolute Gasteiger partial charge is 0.426 e. The van der Waals surface area contributed by atoms with Crippen molar-refractivity contribution in [1.82, 2.24) is 20.3 Å². The number of pyridine rings is 1. The van der Waals surface area contributed by atoms with Gasteiger partial charge in [-0.3, -0.25) is 4.79 Å². The number of anilines is 1. The number of nitrogens with zero attached hydrogens (tertiary/aromatic N) is 5. The molecule has 11 heteroatoms. The van der Waals surface area contributed by atoms with Gasteiger partial charge in [0.2, 0.25) is 0 Å². The molecule has 0 radical (unpaired) electrons. The van der Waals surface area contributed by atoms with E-state index >= 15 is 0 Å². The minimum atomic E-state index is -0.516. The Balaban J connectivity index is 1.03. The van der Waals surface area contributed by atoms with Gasteiger partial charge in [-0.1, -0.05) is 47.1 Å². The molecule has 196 valence electrons. The number of hydrogen-bond donors (Lipinski definition) is 1. The molecule has 1 spiro atoms. The molecule has 0 unspecified atom stereocenters. The fraction of sp³-hybridized carbons (Fsp3) is 0.462. The Morgan fingerprint density at radius 2 is 1.78 bits per heavy atom. The van der Waals surface area contributed by atoms with Crippen molar-refractivity contribution in [2.45, 2.75) is 31.3 Å². The maximum absolute atomic E-state index is 13.1. The second kappa shape index (κ2) is 11.4. The van der Waals surface area contributed by atoms with Gasteiger partial charge in [-0.2, -0.15) is 0 Å². The van der Waals surface area contributed by atoms with E-state index in [9.17, 15) is 9.59 Å². The monoisotopic (exact) mass is 526 g/mol. The molecule has 1 aromatic carbocycles. The first kappa shape index (κ1) is 25.3. The van der Waals surface area contributed by atoms with Gasteiger partial charge in [0.15, 0.2) is 0 Å². The van der Waals surface area contributed by atoms with Crippen LogP contribution in [0.3, 0.4) is 0 Å². The summed E-state index contributed by atoms with van der Waals surface area (Å²) in [6.45, 7) is 3.99. The zero-order valence-electron chi connectivity index (χ0n) is 20.6. The number of nitrogens with one attached hydrogen (secondary N) is 1.